The quantitative estimate of drug-likeness (QED) is 0.528. The average Bonchev–Trinajstić information content (AvgIpc) is 2.88. The smallest absolute Gasteiger partial charge is 0.282 e. The fourth-order valence-electron chi connectivity index (χ4n) is 3.32. The molecule has 0 saturated carbocycles. The first-order chi connectivity index (χ1) is 10.7. The number of hydrogen-bond acceptors (Lipinski definition) is 5. The van der Waals surface area contributed by atoms with E-state index >= 15 is 0 Å². The molecule has 2 unspecified atom stereocenters. The first kappa shape index (κ1) is 15.2. The lowest BCUT2D eigenvalue weighted by atomic mass is 9.76. The van der Waals surface area contributed by atoms with Gasteiger partial charge in [-0.1, -0.05) is 24.3 Å². The van der Waals surface area contributed by atoms with Crippen LogP contribution in [0.25, 0.3) is 0 Å². The minimum Gasteiger partial charge on any atom is -0.463 e. The summed E-state index contributed by atoms with van der Waals surface area (Å²) in [5.41, 5.74) is 11.4. The monoisotopic (exact) mass is 315 g/mol. The van der Waals surface area contributed by atoms with E-state index in [2.05, 4.69) is 34.8 Å². The molecule has 1 aliphatic heterocycles. The van der Waals surface area contributed by atoms with Gasteiger partial charge in [-0.15, -0.1) is 18.3 Å². The van der Waals surface area contributed by atoms with Crippen LogP contribution in [0.4, 0.5) is 0 Å². The second-order valence-corrected chi connectivity index (χ2v) is 6.48. The summed E-state index contributed by atoms with van der Waals surface area (Å²) < 4.78 is 5.40. The summed E-state index contributed by atoms with van der Waals surface area (Å²) in [6, 6.07) is 6.78. The van der Waals surface area contributed by atoms with E-state index in [4.69, 9.17) is 10.5 Å². The molecule has 116 valence electrons. The van der Waals surface area contributed by atoms with E-state index in [-0.39, 0.29) is 11.6 Å². The van der Waals surface area contributed by atoms with Crippen molar-refractivity contribution in [2.45, 2.75) is 30.8 Å². The highest BCUT2D eigenvalue weighted by Gasteiger charge is 2.39. The number of rotatable bonds is 4. The van der Waals surface area contributed by atoms with Gasteiger partial charge in [0.1, 0.15) is 12.1 Å². The zero-order chi connectivity index (χ0) is 15.6. The van der Waals surface area contributed by atoms with Gasteiger partial charge in [-0.25, -0.2) is 4.99 Å². The molecule has 5 heteroatoms. The molecule has 0 amide bonds. The molecule has 1 aromatic rings. The van der Waals surface area contributed by atoms with Crippen molar-refractivity contribution in [3.05, 3.63) is 47.5 Å². The van der Waals surface area contributed by atoms with Crippen molar-refractivity contribution in [2.24, 2.45) is 15.7 Å². The van der Waals surface area contributed by atoms with Gasteiger partial charge in [0, 0.05) is 6.42 Å². The van der Waals surface area contributed by atoms with Crippen molar-refractivity contribution in [1.82, 2.24) is 0 Å². The van der Waals surface area contributed by atoms with Gasteiger partial charge < -0.3 is 10.5 Å². The lowest BCUT2D eigenvalue weighted by Gasteiger charge is -2.32. The summed E-state index contributed by atoms with van der Waals surface area (Å²) in [5, 5.41) is 0. The third-order valence-corrected chi connectivity index (χ3v) is 4.71. The van der Waals surface area contributed by atoms with Crippen LogP contribution in [-0.2, 0) is 17.6 Å². The Kier molecular flexibility index (Phi) is 4.25. The molecule has 22 heavy (non-hydrogen) atoms. The molecule has 1 spiro atoms. The maximum absolute atomic E-state index is 5.71. The average molecular weight is 315 g/mol. The summed E-state index contributed by atoms with van der Waals surface area (Å²) in [5.74, 6) is 0. The molecule has 1 aliphatic carbocycles. The number of aliphatic imine (C=N–C) groups is 2. The fourth-order valence-corrected chi connectivity index (χ4v) is 3.58. The highest BCUT2D eigenvalue weighted by Crippen LogP contribution is 2.38. The number of hydrogen-bond donors (Lipinski definition) is 1. The van der Waals surface area contributed by atoms with Crippen molar-refractivity contribution < 1.29 is 4.74 Å². The zero-order valence-corrected chi connectivity index (χ0v) is 13.6. The Bertz CT molecular complexity index is 641. The Balaban J connectivity index is 1.93. The molecule has 0 bridgehead atoms. The molecule has 0 aromatic heterocycles. The normalized spacial score (nSPS) is 24.9. The maximum atomic E-state index is 5.71. The number of fused-ring (bicyclic) bond motifs is 1. The van der Waals surface area contributed by atoms with E-state index in [9.17, 15) is 0 Å². The molecule has 1 aromatic carbocycles. The molecule has 4 nitrogen and oxygen atoms in total. The number of nitrogens with two attached hydrogens (primary N) is 1. The minimum atomic E-state index is -0.165. The topological polar surface area (TPSA) is 60.0 Å². The summed E-state index contributed by atoms with van der Waals surface area (Å²) in [6.45, 7) is 4.53. The largest absolute Gasteiger partial charge is 0.463 e. The number of ether oxygens (including phenoxy) is 1. The van der Waals surface area contributed by atoms with Crippen molar-refractivity contribution in [3.8, 4) is 0 Å². The molecular formula is C17H21N3OS. The molecule has 0 fully saturated rings. The van der Waals surface area contributed by atoms with E-state index in [1.165, 1.54) is 16.7 Å². The van der Waals surface area contributed by atoms with Crippen molar-refractivity contribution in [3.63, 3.8) is 0 Å². The van der Waals surface area contributed by atoms with Crippen LogP contribution in [0.3, 0.4) is 0 Å². The van der Waals surface area contributed by atoms with Gasteiger partial charge in [0.2, 0.25) is 0 Å². The van der Waals surface area contributed by atoms with E-state index in [1.54, 1.807) is 11.8 Å². The number of thioether (sulfide) groups is 1. The first-order valence-corrected chi connectivity index (χ1v) is 8.72. The van der Waals surface area contributed by atoms with Gasteiger partial charge in [0.15, 0.2) is 0 Å². The predicted molar refractivity (Wildman–Crippen MR) is 93.7 cm³/mol. The molecule has 2 atom stereocenters. The van der Waals surface area contributed by atoms with Gasteiger partial charge in [-0.3, -0.25) is 4.99 Å². The van der Waals surface area contributed by atoms with Gasteiger partial charge in [-0.05, 0) is 35.8 Å². The highest BCUT2D eigenvalue weighted by atomic mass is 32.2. The molecule has 0 saturated heterocycles. The van der Waals surface area contributed by atoms with E-state index in [0.717, 1.165) is 19.3 Å². The van der Waals surface area contributed by atoms with Crippen LogP contribution >= 0.6 is 11.8 Å². The van der Waals surface area contributed by atoms with Crippen LogP contribution in [0.1, 0.15) is 29.2 Å². The Morgan fingerprint density at radius 3 is 3.09 bits per heavy atom. The van der Waals surface area contributed by atoms with Gasteiger partial charge in [0.05, 0.1) is 11.6 Å². The van der Waals surface area contributed by atoms with E-state index in [1.807, 2.05) is 17.9 Å². The van der Waals surface area contributed by atoms with Crippen LogP contribution in [-0.4, -0.2) is 30.0 Å². The molecule has 2 aliphatic rings. The van der Waals surface area contributed by atoms with Crippen LogP contribution in [0.5, 0.6) is 0 Å². The maximum Gasteiger partial charge on any atom is 0.282 e. The van der Waals surface area contributed by atoms with Crippen LogP contribution < -0.4 is 5.73 Å². The molecular weight excluding hydrogens is 294 g/mol. The first-order valence-electron chi connectivity index (χ1n) is 7.43. The Morgan fingerprint density at radius 1 is 1.55 bits per heavy atom. The Morgan fingerprint density at radius 2 is 2.41 bits per heavy atom. The lowest BCUT2D eigenvalue weighted by molar-refractivity contribution is 0.234. The minimum absolute atomic E-state index is 0.0184. The van der Waals surface area contributed by atoms with Crippen molar-refractivity contribution >= 4 is 23.3 Å². The summed E-state index contributed by atoms with van der Waals surface area (Å²) >= 11 is 1.61. The van der Waals surface area contributed by atoms with E-state index in [0.29, 0.717) is 12.6 Å². The predicted octanol–water partition coefficient (Wildman–Crippen LogP) is 2.88. The molecule has 2 N–H and O–H groups in total. The third-order valence-electron chi connectivity index (χ3n) is 4.37. The molecule has 3 rings (SSSR count). The Labute approximate surface area is 135 Å². The summed E-state index contributed by atoms with van der Waals surface area (Å²) in [7, 11) is 0. The van der Waals surface area contributed by atoms with Gasteiger partial charge >= 0.3 is 0 Å². The number of nitrogens with zero attached hydrogens (tertiary/aromatic N) is 2. The van der Waals surface area contributed by atoms with Crippen molar-refractivity contribution in [1.29, 1.82) is 0 Å². The van der Waals surface area contributed by atoms with E-state index < -0.39 is 0 Å². The second kappa shape index (κ2) is 6.16. The van der Waals surface area contributed by atoms with Crippen LogP contribution in [0.15, 0.2) is 40.8 Å². The van der Waals surface area contributed by atoms with Gasteiger partial charge in [-0.2, -0.15) is 0 Å². The standard InChI is InChI=1S/C17H21N3OS/c1-3-15(19-11-22-2)14-6-4-5-12-9-17(8-7-13(12)14)10-21-16(18)20-17/h3-6,11,15H,1,7-10H2,2H3,(H2,18,20). The number of benzene rings is 1. The van der Waals surface area contributed by atoms with Crippen molar-refractivity contribution in [2.75, 3.05) is 12.9 Å². The highest BCUT2D eigenvalue weighted by molar-refractivity contribution is 8.11. The fraction of sp³-hybridized carbons (Fsp3) is 0.412. The van der Waals surface area contributed by atoms with Crippen LogP contribution in [0, 0.1) is 0 Å². The summed E-state index contributed by atoms with van der Waals surface area (Å²) in [6.07, 6.45) is 6.74. The molecule has 0 radical (unpaired) electrons. The second-order valence-electron chi connectivity index (χ2n) is 5.80. The third kappa shape index (κ3) is 2.77. The number of amidine groups is 1. The van der Waals surface area contributed by atoms with Crippen LogP contribution in [0.2, 0.25) is 0 Å². The SMILES string of the molecule is C=CC(N=CSC)c1cccc2c1CCC1(COC(N)=N1)C2. The van der Waals surface area contributed by atoms with Gasteiger partial charge in [0.25, 0.3) is 6.02 Å². The lowest BCUT2D eigenvalue weighted by Crippen LogP contribution is -2.36. The Hall–Kier alpha value is -1.75. The summed E-state index contributed by atoms with van der Waals surface area (Å²) in [4.78, 5) is 9.13. The zero-order valence-electron chi connectivity index (χ0n) is 12.8. The molecule has 1 heterocycles.